The topological polar surface area (TPSA) is 49.4 Å². The first-order chi connectivity index (χ1) is 8.52. The zero-order valence-corrected chi connectivity index (χ0v) is 11.6. The minimum Gasteiger partial charge on any atom is -0.343 e. The molecular weight excluding hydrogens is 228 g/mol. The third kappa shape index (κ3) is 2.38. The molecule has 2 unspecified atom stereocenters. The Labute approximate surface area is 109 Å². The lowest BCUT2D eigenvalue weighted by molar-refractivity contribution is -0.153. The Morgan fingerprint density at radius 1 is 1.17 bits per heavy atom. The average molecular weight is 252 g/mol. The standard InChI is InChI=1S/C14H24N2O2/c1-9(2)16-12(11-7-5-4-6-8-11)13(17)15-10(3)14(16)18/h9-12H,4-8H2,1-3H3,(H,15,17). The van der Waals surface area contributed by atoms with Crippen LogP contribution < -0.4 is 5.32 Å². The van der Waals surface area contributed by atoms with Gasteiger partial charge in [0.15, 0.2) is 0 Å². The molecule has 1 saturated carbocycles. The van der Waals surface area contributed by atoms with Gasteiger partial charge in [-0.05, 0) is 39.5 Å². The second-order valence-electron chi connectivity index (χ2n) is 5.91. The number of hydrogen-bond donors (Lipinski definition) is 1. The molecule has 2 rings (SSSR count). The number of rotatable bonds is 2. The minimum atomic E-state index is -0.375. The van der Waals surface area contributed by atoms with Crippen molar-refractivity contribution in [3.8, 4) is 0 Å². The molecule has 4 heteroatoms. The maximum Gasteiger partial charge on any atom is 0.245 e. The lowest BCUT2D eigenvalue weighted by atomic mass is 9.81. The summed E-state index contributed by atoms with van der Waals surface area (Å²) in [7, 11) is 0. The van der Waals surface area contributed by atoms with E-state index >= 15 is 0 Å². The van der Waals surface area contributed by atoms with Gasteiger partial charge in [0.2, 0.25) is 11.8 Å². The molecule has 2 atom stereocenters. The Morgan fingerprint density at radius 3 is 2.33 bits per heavy atom. The van der Waals surface area contributed by atoms with Crippen molar-refractivity contribution < 1.29 is 9.59 Å². The molecule has 1 heterocycles. The molecule has 2 aliphatic rings. The van der Waals surface area contributed by atoms with E-state index in [1.54, 1.807) is 6.92 Å². The summed E-state index contributed by atoms with van der Waals surface area (Å²) in [5.41, 5.74) is 0. The van der Waals surface area contributed by atoms with Gasteiger partial charge in [-0.2, -0.15) is 0 Å². The number of nitrogens with one attached hydrogen (secondary N) is 1. The van der Waals surface area contributed by atoms with E-state index in [0.29, 0.717) is 5.92 Å². The minimum absolute atomic E-state index is 0.0442. The highest BCUT2D eigenvalue weighted by Gasteiger charge is 2.43. The van der Waals surface area contributed by atoms with Crippen LogP contribution >= 0.6 is 0 Å². The first-order valence-electron chi connectivity index (χ1n) is 7.15. The second kappa shape index (κ2) is 5.29. The number of amides is 2. The van der Waals surface area contributed by atoms with E-state index in [0.717, 1.165) is 12.8 Å². The van der Waals surface area contributed by atoms with Gasteiger partial charge in [0.25, 0.3) is 0 Å². The van der Waals surface area contributed by atoms with Gasteiger partial charge in [0, 0.05) is 6.04 Å². The van der Waals surface area contributed by atoms with Crippen LogP contribution in [0.1, 0.15) is 52.9 Å². The SMILES string of the molecule is CC1NC(=O)C(C2CCCCC2)N(C(C)C)C1=O. The van der Waals surface area contributed by atoms with E-state index in [-0.39, 0.29) is 29.9 Å². The summed E-state index contributed by atoms with van der Waals surface area (Å²) in [4.78, 5) is 26.4. The van der Waals surface area contributed by atoms with Gasteiger partial charge in [-0.1, -0.05) is 19.3 Å². The van der Waals surface area contributed by atoms with E-state index in [2.05, 4.69) is 5.32 Å². The van der Waals surface area contributed by atoms with Crippen molar-refractivity contribution in [3.63, 3.8) is 0 Å². The predicted molar refractivity (Wildman–Crippen MR) is 69.9 cm³/mol. The summed E-state index contributed by atoms with van der Waals surface area (Å²) in [6.07, 6.45) is 5.77. The number of hydrogen-bond acceptors (Lipinski definition) is 2. The van der Waals surface area contributed by atoms with E-state index in [1.165, 1.54) is 19.3 Å². The first-order valence-corrected chi connectivity index (χ1v) is 7.15. The van der Waals surface area contributed by atoms with E-state index in [1.807, 2.05) is 18.7 Å². The van der Waals surface area contributed by atoms with E-state index < -0.39 is 0 Å². The van der Waals surface area contributed by atoms with E-state index in [9.17, 15) is 9.59 Å². The van der Waals surface area contributed by atoms with Crippen LogP contribution in [0.25, 0.3) is 0 Å². The Balaban J connectivity index is 2.22. The third-order valence-corrected chi connectivity index (χ3v) is 4.20. The van der Waals surface area contributed by atoms with Crippen LogP contribution in [-0.2, 0) is 9.59 Å². The van der Waals surface area contributed by atoms with Crippen molar-refractivity contribution in [2.75, 3.05) is 0 Å². The van der Waals surface area contributed by atoms with E-state index in [4.69, 9.17) is 0 Å². The monoisotopic (exact) mass is 252 g/mol. The lowest BCUT2D eigenvalue weighted by Gasteiger charge is -2.44. The predicted octanol–water partition coefficient (Wildman–Crippen LogP) is 1.69. The summed E-state index contributed by atoms with van der Waals surface area (Å²) in [5.74, 6) is 0.459. The van der Waals surface area contributed by atoms with Crippen LogP contribution in [0.15, 0.2) is 0 Å². The number of nitrogens with zero attached hydrogens (tertiary/aromatic N) is 1. The van der Waals surface area contributed by atoms with Crippen molar-refractivity contribution in [2.24, 2.45) is 5.92 Å². The summed E-state index contributed by atoms with van der Waals surface area (Å²) < 4.78 is 0. The van der Waals surface area contributed by atoms with Crippen molar-refractivity contribution in [1.29, 1.82) is 0 Å². The summed E-state index contributed by atoms with van der Waals surface area (Å²) in [6.45, 7) is 5.77. The smallest absolute Gasteiger partial charge is 0.245 e. The zero-order valence-electron chi connectivity index (χ0n) is 11.6. The van der Waals surface area contributed by atoms with Crippen LogP contribution in [0.3, 0.4) is 0 Å². The highest BCUT2D eigenvalue weighted by atomic mass is 16.2. The molecule has 0 spiro atoms. The first kappa shape index (κ1) is 13.4. The van der Waals surface area contributed by atoms with Gasteiger partial charge in [-0.3, -0.25) is 9.59 Å². The lowest BCUT2D eigenvalue weighted by Crippen LogP contribution is -2.66. The van der Waals surface area contributed by atoms with Crippen LogP contribution in [0, 0.1) is 5.92 Å². The fraction of sp³-hybridized carbons (Fsp3) is 0.857. The van der Waals surface area contributed by atoms with Crippen LogP contribution in [0.4, 0.5) is 0 Å². The van der Waals surface area contributed by atoms with Crippen molar-refractivity contribution >= 4 is 11.8 Å². The Kier molecular flexibility index (Phi) is 3.93. The number of carbonyl (C=O) groups is 2. The molecule has 0 radical (unpaired) electrons. The fourth-order valence-corrected chi connectivity index (χ4v) is 3.31. The zero-order chi connectivity index (χ0) is 13.3. The van der Waals surface area contributed by atoms with Crippen molar-refractivity contribution in [2.45, 2.75) is 71.0 Å². The van der Waals surface area contributed by atoms with Crippen molar-refractivity contribution in [3.05, 3.63) is 0 Å². The second-order valence-corrected chi connectivity index (χ2v) is 5.91. The highest BCUT2D eigenvalue weighted by Crippen LogP contribution is 2.31. The third-order valence-electron chi connectivity index (χ3n) is 4.20. The Bertz CT molecular complexity index is 335. The average Bonchev–Trinajstić information content (AvgIpc) is 2.34. The molecule has 2 amide bonds. The van der Waals surface area contributed by atoms with Crippen LogP contribution in [-0.4, -0.2) is 34.8 Å². The molecule has 0 bridgehead atoms. The number of piperazine rings is 1. The largest absolute Gasteiger partial charge is 0.343 e. The molecule has 1 N–H and O–H groups in total. The van der Waals surface area contributed by atoms with Crippen LogP contribution in [0.2, 0.25) is 0 Å². The molecule has 102 valence electrons. The van der Waals surface area contributed by atoms with Gasteiger partial charge in [0.05, 0.1) is 0 Å². The number of carbonyl (C=O) groups excluding carboxylic acids is 2. The van der Waals surface area contributed by atoms with Gasteiger partial charge in [0.1, 0.15) is 12.1 Å². The maximum atomic E-state index is 12.3. The van der Waals surface area contributed by atoms with Gasteiger partial charge in [-0.25, -0.2) is 0 Å². The molecule has 0 aromatic carbocycles. The molecule has 4 nitrogen and oxygen atoms in total. The van der Waals surface area contributed by atoms with Gasteiger partial charge >= 0.3 is 0 Å². The summed E-state index contributed by atoms with van der Waals surface area (Å²) in [6, 6.07) is -0.522. The molecule has 1 aliphatic heterocycles. The fourth-order valence-electron chi connectivity index (χ4n) is 3.31. The molecule has 0 aromatic heterocycles. The Morgan fingerprint density at radius 2 is 1.78 bits per heavy atom. The molecule has 1 aliphatic carbocycles. The summed E-state index contributed by atoms with van der Waals surface area (Å²) >= 11 is 0. The molecule has 2 fully saturated rings. The molecular formula is C14H24N2O2. The van der Waals surface area contributed by atoms with Crippen molar-refractivity contribution in [1.82, 2.24) is 10.2 Å². The van der Waals surface area contributed by atoms with Crippen LogP contribution in [0.5, 0.6) is 0 Å². The maximum absolute atomic E-state index is 12.3. The van der Waals surface area contributed by atoms with Gasteiger partial charge in [-0.15, -0.1) is 0 Å². The highest BCUT2D eigenvalue weighted by molar-refractivity contribution is 5.97. The molecule has 0 aromatic rings. The Hall–Kier alpha value is -1.06. The summed E-state index contributed by atoms with van der Waals surface area (Å²) in [5, 5.41) is 2.83. The quantitative estimate of drug-likeness (QED) is 0.813. The molecule has 18 heavy (non-hydrogen) atoms. The normalized spacial score (nSPS) is 30.8. The molecule has 1 saturated heterocycles. The van der Waals surface area contributed by atoms with Gasteiger partial charge < -0.3 is 10.2 Å².